The first kappa shape index (κ1) is 100. The number of benzene rings is 10. The number of fused-ring (bicyclic) bond motifs is 6. The molecule has 16 aromatic rings. The number of pyridine rings is 6. The van der Waals surface area contributed by atoms with Crippen molar-refractivity contribution >= 4 is 97.5 Å². The number of ether oxygens (including phenoxy) is 2. The fourth-order valence-electron chi connectivity index (χ4n) is 16.2. The van der Waals surface area contributed by atoms with Gasteiger partial charge < -0.3 is 34.8 Å². The zero-order valence-electron chi connectivity index (χ0n) is 76.0. The molecule has 0 radical (unpaired) electrons. The molecule has 27 nitrogen and oxygen atoms in total. The third-order valence-corrected chi connectivity index (χ3v) is 22.9. The summed E-state index contributed by atoms with van der Waals surface area (Å²) >= 11 is 0. The van der Waals surface area contributed by atoms with Crippen molar-refractivity contribution in [2.45, 2.75) is 63.8 Å². The van der Waals surface area contributed by atoms with Gasteiger partial charge >= 0.3 is 29.9 Å². The molecule has 0 atom stereocenters. The highest BCUT2D eigenvalue weighted by molar-refractivity contribution is 6.41. The van der Waals surface area contributed by atoms with Gasteiger partial charge in [-0.05, 0) is 137 Å². The summed E-state index contributed by atoms with van der Waals surface area (Å²) in [5.41, 5.74) is 6.38. The van der Waals surface area contributed by atoms with Crippen molar-refractivity contribution in [2.75, 3.05) is 21.1 Å². The number of carboxylic acids is 1. The predicted molar refractivity (Wildman–Crippen MR) is 506 cm³/mol. The fourth-order valence-corrected chi connectivity index (χ4v) is 16.2. The highest BCUT2D eigenvalue weighted by Crippen LogP contribution is 2.48. The number of imide groups is 3. The number of nitrogens with one attached hydrogen (secondary N) is 1. The second-order valence-electron chi connectivity index (χ2n) is 32.5. The van der Waals surface area contributed by atoms with Crippen LogP contribution in [0.25, 0.3) is 32.7 Å². The van der Waals surface area contributed by atoms with Gasteiger partial charge in [0.2, 0.25) is 0 Å². The smallest absolute Gasteiger partial charge is 0.458 e. The zero-order chi connectivity index (χ0) is 102. The number of aromatic hydroxyl groups is 1. The third kappa shape index (κ3) is 21.9. The number of aromatic carboxylic acids is 1. The maximum absolute atomic E-state index is 14.4. The Labute approximate surface area is 813 Å². The number of nitrogens with zero attached hydrogens (tertiary/aromatic N) is 11. The Kier molecular flexibility index (Phi) is 30.5. The first-order valence-corrected chi connectivity index (χ1v) is 43.9. The molecule has 19 rings (SSSR count). The number of Topliss-reactive ketones (excluding diaryl/α,β-unsaturated/α-hetero) is 2. The van der Waals surface area contributed by atoms with Crippen LogP contribution in [-0.4, -0.2) is 163 Å². The molecule has 8 amide bonds. The van der Waals surface area contributed by atoms with E-state index in [1.165, 1.54) is 95.0 Å². The summed E-state index contributed by atoms with van der Waals surface area (Å²) in [6.45, 7) is 0.732. The van der Waals surface area contributed by atoms with Gasteiger partial charge in [-0.3, -0.25) is 92.5 Å². The lowest BCUT2D eigenvalue weighted by molar-refractivity contribution is -0.193. The minimum absolute atomic E-state index is 0.0145. The number of hydrogen-bond acceptors (Lipinski definition) is 21. The molecule has 0 spiro atoms. The summed E-state index contributed by atoms with van der Waals surface area (Å²) < 4.78 is 121. The van der Waals surface area contributed by atoms with Crippen LogP contribution >= 0.6 is 0 Å². The lowest BCUT2D eigenvalue weighted by Gasteiger charge is -2.24. The van der Waals surface area contributed by atoms with E-state index in [0.717, 1.165) is 49.2 Å². The van der Waals surface area contributed by atoms with Crippen LogP contribution in [0, 0.1) is 17.5 Å². The number of carbonyl (C=O) groups is 11. The van der Waals surface area contributed by atoms with Crippen LogP contribution in [-0.2, 0) is 48.9 Å². The molecule has 10 aromatic carbocycles. The summed E-state index contributed by atoms with van der Waals surface area (Å²) in [5, 5.41) is 24.9. The Morgan fingerprint density at radius 3 is 0.938 bits per heavy atom. The second-order valence-corrected chi connectivity index (χ2v) is 32.5. The van der Waals surface area contributed by atoms with Crippen molar-refractivity contribution in [1.82, 2.24) is 59.7 Å². The Hall–Kier alpha value is -18.2. The molecular weight excluding hydrogens is 1880 g/mol. The van der Waals surface area contributed by atoms with Crippen LogP contribution in [0.2, 0.25) is 0 Å². The number of ketones is 2. The van der Waals surface area contributed by atoms with E-state index >= 15 is 0 Å². The molecular formula is C108H79F9N12O15. The van der Waals surface area contributed by atoms with Crippen molar-refractivity contribution < 1.29 is 112 Å². The number of phenols is 1. The van der Waals surface area contributed by atoms with Gasteiger partial charge in [-0.15, -0.1) is 0 Å². The molecule has 3 N–H and O–H groups in total. The lowest BCUT2D eigenvalue weighted by Crippen LogP contribution is -2.39. The molecule has 0 saturated carbocycles. The molecule has 0 bridgehead atoms. The monoisotopic (exact) mass is 1950 g/mol. The minimum atomic E-state index is -5.77. The average Bonchev–Trinajstić information content (AvgIpc) is 1.56. The van der Waals surface area contributed by atoms with Gasteiger partial charge in [-0.25, -0.2) is 18.0 Å². The largest absolute Gasteiger partial charge is 0.505 e. The Morgan fingerprint density at radius 2 is 0.625 bits per heavy atom. The molecule has 9 heterocycles. The third-order valence-electron chi connectivity index (χ3n) is 22.9. The maximum Gasteiger partial charge on any atom is 0.458 e. The molecule has 0 unspecified atom stereocenters. The van der Waals surface area contributed by atoms with Gasteiger partial charge in [-0.2, -0.15) is 26.3 Å². The normalized spacial score (nSPS) is 12.4. The van der Waals surface area contributed by atoms with Gasteiger partial charge in [0.15, 0.2) is 17.2 Å². The van der Waals surface area contributed by atoms with Gasteiger partial charge in [-0.1, -0.05) is 194 Å². The highest BCUT2D eigenvalue weighted by atomic mass is 19.4. The van der Waals surface area contributed by atoms with E-state index in [4.69, 9.17) is 9.47 Å². The first-order chi connectivity index (χ1) is 69.2. The van der Waals surface area contributed by atoms with E-state index in [0.29, 0.717) is 33.5 Å². The topological polar surface area (TPSA) is 352 Å². The molecule has 36 heteroatoms. The fraction of sp³-hybridized carbons (Fsp3) is 0.120. The Bertz CT molecular complexity index is 7470. The summed E-state index contributed by atoms with van der Waals surface area (Å²) in [7, 11) is 5.10. The van der Waals surface area contributed by atoms with Crippen LogP contribution in [0.3, 0.4) is 0 Å². The number of amides is 8. The van der Waals surface area contributed by atoms with E-state index in [1.807, 2.05) is 153 Å². The average molecular weight is 1960 g/mol. The number of hydrogen-bond donors (Lipinski definition) is 3. The molecule has 0 aliphatic carbocycles. The van der Waals surface area contributed by atoms with Crippen LogP contribution in [0.1, 0.15) is 161 Å². The lowest BCUT2D eigenvalue weighted by atomic mass is 9.94. The minimum Gasteiger partial charge on any atom is -0.505 e. The summed E-state index contributed by atoms with van der Waals surface area (Å²) in [5.74, 6) is -15.1. The SMILES string of the molecule is CN(Cc1ccccn1)C(=O)c1c2c(c(O)c3ncccc13)C(=O)N(Cc1ccc(F)cc1)C2=O.CN(Cc1ccccn1)C(=O)c1c2c(c(OC(c3ccccc3)c3ccccc3)c3ncccc13)C(=O)N(Cc1ccc(F)cc1)C2=O.CNCc1ccccn1.O=C(C(=O)C(F)(F)F)C(F)(F)F.O=C(O)c1c2c(c(OC(c3ccccc3)c3ccccc3)c3ncccc13)C(=O)N(Cc1ccc(F)cc1)C2=O. The molecule has 3 aliphatic heterocycles. The van der Waals surface area contributed by atoms with E-state index in [9.17, 15) is 102 Å². The predicted octanol–water partition coefficient (Wildman–Crippen LogP) is 18.6. The second kappa shape index (κ2) is 43.9. The number of halogens is 9. The quantitative estimate of drug-likeness (QED) is 0.0287. The van der Waals surface area contributed by atoms with Crippen molar-refractivity contribution in [1.29, 1.82) is 0 Å². The van der Waals surface area contributed by atoms with Crippen LogP contribution in [0.5, 0.6) is 17.2 Å². The number of rotatable bonds is 24. The molecule has 6 aromatic heterocycles. The molecule has 724 valence electrons. The van der Waals surface area contributed by atoms with E-state index in [2.05, 4.69) is 35.2 Å². The molecule has 0 saturated heterocycles. The van der Waals surface area contributed by atoms with Crippen LogP contribution in [0.15, 0.2) is 322 Å². The van der Waals surface area contributed by atoms with Crippen LogP contribution in [0.4, 0.5) is 39.5 Å². The first-order valence-electron chi connectivity index (χ1n) is 43.9. The van der Waals surface area contributed by atoms with Gasteiger partial charge in [0.05, 0.1) is 99.9 Å². The van der Waals surface area contributed by atoms with E-state index < -0.39 is 113 Å². The van der Waals surface area contributed by atoms with Gasteiger partial charge in [0.1, 0.15) is 46.2 Å². The van der Waals surface area contributed by atoms with Gasteiger partial charge in [0.25, 0.3) is 47.3 Å². The number of carboxylic acid groups (broad SMARTS) is 1. The maximum atomic E-state index is 14.4. The zero-order valence-corrected chi connectivity index (χ0v) is 76.0. The van der Waals surface area contributed by atoms with E-state index in [-0.39, 0.29) is 122 Å². The summed E-state index contributed by atoms with van der Waals surface area (Å²) in [6, 6.07) is 80.4. The Morgan fingerprint density at radius 1 is 0.347 bits per heavy atom. The number of alkyl halides is 6. The molecule has 0 fully saturated rings. The summed E-state index contributed by atoms with van der Waals surface area (Å²) in [6.07, 6.45) is -3.40. The number of aromatic nitrogens is 6. The Balaban J connectivity index is 0.000000148. The standard InChI is InChI=1S/C39H29FN4O4.C32H21FN2O5.C26H19FN4O4.C7H10N2.C4F6O2/c1-43(24-29-15-8-9-21-41-29)37(45)31-30-16-10-22-42-34(30)36(48-35(26-11-4-2-5-12-26)27-13-6-3-7-14-27)33-32(31)38(46)44(39(33)47)23-25-17-19-28(40)20-18-25;33-22-15-13-19(14-16-22)18-35-30(36)25-24(32(38)39)23-12-7-17-34-27(23)29(26(25)31(35)37)40-28(20-8-3-1-4-9-20)21-10-5-2-6-11-21;1-30(14-17-5-2-3-11-28-17)24(33)19-18-6-4-12-29-22(18)23(32)21-20(19)25(34)31(26(21)35)13-15-7-9-16(27)10-8-15;1-8-6-7-4-2-3-5-9-7;5-3(6,7)1(11)2(12)4(8,9)10/h2-22,35H,23-24H2,1H3;1-17,28H,18H2,(H,38,39);2-12,32H,13-14H2,1H3;2-5,8H,6H2,1H3;. The van der Waals surface area contributed by atoms with Crippen molar-refractivity contribution in [3.63, 3.8) is 0 Å². The molecule has 3 aliphatic rings. The number of carbonyl (C=O) groups excluding carboxylic acids is 10. The van der Waals surface area contributed by atoms with Crippen molar-refractivity contribution in [2.24, 2.45) is 0 Å². The molecule has 144 heavy (non-hydrogen) atoms. The van der Waals surface area contributed by atoms with Crippen molar-refractivity contribution in [3.05, 3.63) is 446 Å². The number of phenolic OH excluding ortho intramolecular Hbond substituents is 1. The van der Waals surface area contributed by atoms with Crippen LogP contribution < -0.4 is 14.8 Å². The van der Waals surface area contributed by atoms with E-state index in [1.54, 1.807) is 106 Å². The van der Waals surface area contributed by atoms with Gasteiger partial charge in [0, 0.05) is 74.0 Å². The highest BCUT2D eigenvalue weighted by Gasteiger charge is 2.55. The summed E-state index contributed by atoms with van der Waals surface area (Å²) in [4.78, 5) is 175. The van der Waals surface area contributed by atoms with Crippen molar-refractivity contribution in [3.8, 4) is 17.2 Å².